The molecule has 19 heavy (non-hydrogen) atoms. The van der Waals surface area contributed by atoms with Crippen LogP contribution in [0.1, 0.15) is 9.67 Å². The zero-order chi connectivity index (χ0) is 14.0. The number of amides is 2. The molecule has 1 heterocycles. The van der Waals surface area contributed by atoms with Gasteiger partial charge in [-0.2, -0.15) is 0 Å². The molecular weight excluding hydrogens is 266 g/mol. The van der Waals surface area contributed by atoms with E-state index < -0.39 is 11.8 Å². The monoisotopic (exact) mass is 279 g/mol. The number of fused-ring (bicyclic) bond motifs is 1. The summed E-state index contributed by atoms with van der Waals surface area (Å²) in [4.78, 5) is 22.9. The second kappa shape index (κ2) is 5.15. The van der Waals surface area contributed by atoms with E-state index in [-0.39, 0.29) is 6.54 Å². The minimum atomic E-state index is -0.602. The molecule has 0 saturated carbocycles. The van der Waals surface area contributed by atoms with Crippen LogP contribution in [0.5, 0.6) is 5.75 Å². The van der Waals surface area contributed by atoms with Crippen molar-refractivity contribution in [2.45, 2.75) is 0 Å². The Morgan fingerprint density at radius 2 is 2.16 bits per heavy atom. The quantitative estimate of drug-likeness (QED) is 0.765. The van der Waals surface area contributed by atoms with Gasteiger partial charge in [0.1, 0.15) is 10.6 Å². The van der Waals surface area contributed by atoms with E-state index in [0.717, 1.165) is 10.1 Å². The number of carbonyl (C=O) groups is 2. The number of hydrogen-bond acceptors (Lipinski definition) is 5. The first-order valence-electron chi connectivity index (χ1n) is 5.45. The van der Waals surface area contributed by atoms with Gasteiger partial charge in [0.15, 0.2) is 0 Å². The number of nitrogens with one attached hydrogen (secondary N) is 1. The average Bonchev–Trinajstić information content (AvgIpc) is 2.72. The van der Waals surface area contributed by atoms with Crippen LogP contribution in [0.4, 0.5) is 5.69 Å². The van der Waals surface area contributed by atoms with Crippen LogP contribution in [0.25, 0.3) is 10.1 Å². The van der Waals surface area contributed by atoms with E-state index >= 15 is 0 Å². The molecule has 2 aromatic rings. The van der Waals surface area contributed by atoms with Gasteiger partial charge in [-0.15, -0.1) is 11.3 Å². The molecule has 0 fully saturated rings. The Hall–Kier alpha value is -2.28. The normalized spacial score (nSPS) is 10.4. The molecule has 0 radical (unpaired) electrons. The van der Waals surface area contributed by atoms with Crippen molar-refractivity contribution in [1.82, 2.24) is 5.32 Å². The first-order chi connectivity index (χ1) is 9.02. The van der Waals surface area contributed by atoms with Crippen molar-refractivity contribution in [3.63, 3.8) is 0 Å². The third kappa shape index (κ3) is 2.60. The molecule has 0 bridgehead atoms. The Balaban J connectivity index is 2.36. The summed E-state index contributed by atoms with van der Waals surface area (Å²) in [5.41, 5.74) is 11.3. The summed E-state index contributed by atoms with van der Waals surface area (Å²) in [5, 5.41) is 3.20. The molecule has 0 atom stereocenters. The van der Waals surface area contributed by atoms with Gasteiger partial charge in [0.25, 0.3) is 5.91 Å². The van der Waals surface area contributed by atoms with Gasteiger partial charge in [-0.25, -0.2) is 0 Å². The van der Waals surface area contributed by atoms with Crippen LogP contribution in [-0.4, -0.2) is 25.5 Å². The Kier molecular flexibility index (Phi) is 3.57. The number of hydrogen-bond donors (Lipinski definition) is 3. The molecule has 0 unspecified atom stereocenters. The second-order valence-electron chi connectivity index (χ2n) is 3.86. The van der Waals surface area contributed by atoms with Crippen molar-refractivity contribution in [2.24, 2.45) is 5.73 Å². The van der Waals surface area contributed by atoms with E-state index in [1.807, 2.05) is 0 Å². The standard InChI is InChI=1S/C12H13N3O3S/c1-18-6-2-3-7-8(4-6)19-11(10(7)14)12(17)15-5-9(13)16/h2-4H,5,14H2,1H3,(H2,13,16)(H,15,17). The van der Waals surface area contributed by atoms with Gasteiger partial charge in [-0.3, -0.25) is 9.59 Å². The summed E-state index contributed by atoms with van der Waals surface area (Å²) in [6, 6.07) is 5.38. The van der Waals surface area contributed by atoms with Crippen LogP contribution >= 0.6 is 11.3 Å². The minimum Gasteiger partial charge on any atom is -0.497 e. The lowest BCUT2D eigenvalue weighted by Gasteiger charge is -2.01. The summed E-state index contributed by atoms with van der Waals surface area (Å²) in [6.45, 7) is -0.212. The number of nitrogen functional groups attached to an aromatic ring is 1. The summed E-state index contributed by atoms with van der Waals surface area (Å²) >= 11 is 1.24. The molecule has 100 valence electrons. The van der Waals surface area contributed by atoms with Crippen molar-refractivity contribution in [3.8, 4) is 5.75 Å². The van der Waals surface area contributed by atoms with E-state index in [9.17, 15) is 9.59 Å². The highest BCUT2D eigenvalue weighted by molar-refractivity contribution is 7.21. The van der Waals surface area contributed by atoms with Crippen molar-refractivity contribution in [1.29, 1.82) is 0 Å². The highest BCUT2D eigenvalue weighted by Crippen LogP contribution is 2.35. The molecule has 1 aromatic carbocycles. The number of thiophene rings is 1. The van der Waals surface area contributed by atoms with Crippen LogP contribution in [0.2, 0.25) is 0 Å². The van der Waals surface area contributed by atoms with Gasteiger partial charge in [0, 0.05) is 10.1 Å². The number of nitrogens with two attached hydrogens (primary N) is 2. The maximum atomic E-state index is 11.9. The number of methoxy groups -OCH3 is 1. The maximum Gasteiger partial charge on any atom is 0.263 e. The summed E-state index contributed by atoms with van der Waals surface area (Å²) in [7, 11) is 1.57. The SMILES string of the molecule is COc1ccc2c(N)c(C(=O)NCC(N)=O)sc2c1. The molecule has 0 aliphatic carbocycles. The molecule has 7 heteroatoms. The predicted octanol–water partition coefficient (Wildman–Crippen LogP) is 0.707. The molecule has 2 amide bonds. The van der Waals surface area contributed by atoms with Crippen molar-refractivity contribution in [3.05, 3.63) is 23.1 Å². The van der Waals surface area contributed by atoms with Gasteiger partial charge in [-0.05, 0) is 18.2 Å². The molecule has 2 rings (SSSR count). The van der Waals surface area contributed by atoms with E-state index in [2.05, 4.69) is 5.32 Å². The van der Waals surface area contributed by atoms with Crippen LogP contribution in [-0.2, 0) is 4.79 Å². The summed E-state index contributed by atoms with van der Waals surface area (Å²) in [6.07, 6.45) is 0. The maximum absolute atomic E-state index is 11.9. The number of rotatable bonds is 4. The lowest BCUT2D eigenvalue weighted by Crippen LogP contribution is -2.33. The van der Waals surface area contributed by atoms with Crippen molar-refractivity contribution >= 4 is 38.9 Å². The first kappa shape index (κ1) is 13.2. The zero-order valence-corrected chi connectivity index (χ0v) is 11.0. The number of ether oxygens (including phenoxy) is 1. The fourth-order valence-electron chi connectivity index (χ4n) is 1.64. The Morgan fingerprint density at radius 1 is 1.42 bits per heavy atom. The lowest BCUT2D eigenvalue weighted by atomic mass is 10.2. The van der Waals surface area contributed by atoms with Gasteiger partial charge >= 0.3 is 0 Å². The van der Waals surface area contributed by atoms with Gasteiger partial charge in [-0.1, -0.05) is 0 Å². The minimum absolute atomic E-state index is 0.212. The molecule has 0 aliphatic heterocycles. The number of primary amides is 1. The highest BCUT2D eigenvalue weighted by atomic mass is 32.1. The number of benzene rings is 1. The molecule has 0 saturated heterocycles. The van der Waals surface area contributed by atoms with E-state index in [1.54, 1.807) is 25.3 Å². The third-order valence-corrected chi connectivity index (χ3v) is 3.73. The summed E-state index contributed by atoms with van der Waals surface area (Å²) < 4.78 is 5.96. The summed E-state index contributed by atoms with van der Waals surface area (Å²) in [5.74, 6) is -0.316. The number of carbonyl (C=O) groups excluding carboxylic acids is 2. The fourth-order valence-corrected chi connectivity index (χ4v) is 2.71. The molecular formula is C12H13N3O3S. The largest absolute Gasteiger partial charge is 0.497 e. The van der Waals surface area contributed by atoms with Crippen molar-refractivity contribution < 1.29 is 14.3 Å². The van der Waals surface area contributed by atoms with Gasteiger partial charge in [0.05, 0.1) is 19.3 Å². The van der Waals surface area contributed by atoms with E-state index in [0.29, 0.717) is 16.3 Å². The zero-order valence-electron chi connectivity index (χ0n) is 10.2. The van der Waals surface area contributed by atoms with Crippen LogP contribution in [0.3, 0.4) is 0 Å². The topological polar surface area (TPSA) is 107 Å². The highest BCUT2D eigenvalue weighted by Gasteiger charge is 2.16. The molecule has 0 spiro atoms. The van der Waals surface area contributed by atoms with Gasteiger partial charge < -0.3 is 21.5 Å². The first-order valence-corrected chi connectivity index (χ1v) is 6.27. The van der Waals surface area contributed by atoms with E-state index in [1.165, 1.54) is 11.3 Å². The van der Waals surface area contributed by atoms with Crippen molar-refractivity contribution in [2.75, 3.05) is 19.4 Å². The van der Waals surface area contributed by atoms with Crippen LogP contribution in [0.15, 0.2) is 18.2 Å². The second-order valence-corrected chi connectivity index (χ2v) is 4.91. The Morgan fingerprint density at radius 3 is 2.79 bits per heavy atom. The predicted molar refractivity (Wildman–Crippen MR) is 74.3 cm³/mol. The molecule has 5 N–H and O–H groups in total. The molecule has 6 nitrogen and oxygen atoms in total. The van der Waals surface area contributed by atoms with Gasteiger partial charge in [0.2, 0.25) is 5.91 Å². The lowest BCUT2D eigenvalue weighted by molar-refractivity contribution is -0.117. The van der Waals surface area contributed by atoms with Crippen LogP contribution in [0, 0.1) is 0 Å². The number of anilines is 1. The third-order valence-electron chi connectivity index (χ3n) is 2.57. The van der Waals surface area contributed by atoms with E-state index in [4.69, 9.17) is 16.2 Å². The average molecular weight is 279 g/mol. The smallest absolute Gasteiger partial charge is 0.263 e. The Bertz CT molecular complexity index is 651. The fraction of sp³-hybridized carbons (Fsp3) is 0.167. The van der Waals surface area contributed by atoms with Crippen LogP contribution < -0.4 is 21.5 Å². The molecule has 0 aliphatic rings. The molecule has 1 aromatic heterocycles. The Labute approximate surface area is 113 Å².